The van der Waals surface area contributed by atoms with E-state index >= 15 is 0 Å². The fraction of sp³-hybridized carbons (Fsp3) is 0.417. The molecule has 1 aromatic rings. The van der Waals surface area contributed by atoms with Gasteiger partial charge in [-0.1, -0.05) is 11.6 Å². The van der Waals surface area contributed by atoms with Gasteiger partial charge < -0.3 is 10.4 Å². The molecule has 0 aliphatic carbocycles. The molecule has 1 unspecified atom stereocenters. The van der Waals surface area contributed by atoms with Crippen molar-refractivity contribution in [1.82, 2.24) is 5.32 Å². The molecule has 2 N–H and O–H groups in total. The SMILES string of the molecule is O=C(NCC1(O)CCSC1)c1ccc(Cl)c(F)c1. The van der Waals surface area contributed by atoms with Gasteiger partial charge in [0.15, 0.2) is 0 Å². The molecule has 0 radical (unpaired) electrons. The minimum atomic E-state index is -0.842. The highest BCUT2D eigenvalue weighted by molar-refractivity contribution is 7.99. The third-order valence-electron chi connectivity index (χ3n) is 2.84. The van der Waals surface area contributed by atoms with E-state index in [1.54, 1.807) is 11.8 Å². The highest BCUT2D eigenvalue weighted by atomic mass is 35.5. The summed E-state index contributed by atoms with van der Waals surface area (Å²) in [7, 11) is 0. The lowest BCUT2D eigenvalue weighted by molar-refractivity contribution is 0.0612. The lowest BCUT2D eigenvalue weighted by Crippen LogP contribution is -2.42. The van der Waals surface area contributed by atoms with Crippen LogP contribution in [0, 0.1) is 5.82 Å². The third kappa shape index (κ3) is 3.16. The van der Waals surface area contributed by atoms with Gasteiger partial charge in [-0.25, -0.2) is 4.39 Å². The van der Waals surface area contributed by atoms with Crippen molar-refractivity contribution in [1.29, 1.82) is 0 Å². The van der Waals surface area contributed by atoms with Gasteiger partial charge in [-0.3, -0.25) is 4.79 Å². The fourth-order valence-corrected chi connectivity index (χ4v) is 3.13. The maximum Gasteiger partial charge on any atom is 0.251 e. The molecule has 18 heavy (non-hydrogen) atoms. The normalized spacial score (nSPS) is 23.1. The average Bonchev–Trinajstić information content (AvgIpc) is 2.77. The number of carbonyl (C=O) groups is 1. The first-order valence-electron chi connectivity index (χ1n) is 5.54. The zero-order valence-electron chi connectivity index (χ0n) is 9.58. The van der Waals surface area contributed by atoms with E-state index in [0.29, 0.717) is 12.2 Å². The van der Waals surface area contributed by atoms with Crippen molar-refractivity contribution in [2.45, 2.75) is 12.0 Å². The molecular formula is C12H13ClFNO2S. The predicted molar refractivity (Wildman–Crippen MR) is 70.6 cm³/mol. The lowest BCUT2D eigenvalue weighted by Gasteiger charge is -2.21. The summed E-state index contributed by atoms with van der Waals surface area (Å²) in [5, 5.41) is 12.7. The second-order valence-electron chi connectivity index (χ2n) is 4.34. The fourth-order valence-electron chi connectivity index (χ4n) is 1.72. The van der Waals surface area contributed by atoms with Gasteiger partial charge in [0, 0.05) is 17.9 Å². The molecule has 1 heterocycles. The first kappa shape index (κ1) is 13.6. The van der Waals surface area contributed by atoms with Crippen molar-refractivity contribution in [3.05, 3.63) is 34.6 Å². The van der Waals surface area contributed by atoms with Crippen molar-refractivity contribution in [2.24, 2.45) is 0 Å². The van der Waals surface area contributed by atoms with E-state index in [4.69, 9.17) is 11.6 Å². The summed E-state index contributed by atoms with van der Waals surface area (Å²) in [5.41, 5.74) is -0.642. The van der Waals surface area contributed by atoms with Crippen molar-refractivity contribution in [3.8, 4) is 0 Å². The molecule has 1 fully saturated rings. The quantitative estimate of drug-likeness (QED) is 0.896. The molecule has 0 aromatic heterocycles. The number of aliphatic hydroxyl groups is 1. The Balaban J connectivity index is 1.97. The number of amides is 1. The Morgan fingerprint density at radius 1 is 1.61 bits per heavy atom. The number of hydrogen-bond donors (Lipinski definition) is 2. The second kappa shape index (κ2) is 5.47. The largest absolute Gasteiger partial charge is 0.387 e. The van der Waals surface area contributed by atoms with Crippen LogP contribution in [0.4, 0.5) is 4.39 Å². The van der Waals surface area contributed by atoms with Crippen LogP contribution in [-0.2, 0) is 0 Å². The maximum absolute atomic E-state index is 13.2. The number of benzene rings is 1. The molecule has 2 rings (SSSR count). The molecular weight excluding hydrogens is 277 g/mol. The van der Waals surface area contributed by atoms with Crippen LogP contribution in [-0.4, -0.2) is 34.7 Å². The topological polar surface area (TPSA) is 49.3 Å². The number of carbonyl (C=O) groups excluding carboxylic acids is 1. The van der Waals surface area contributed by atoms with Gasteiger partial charge in [0.25, 0.3) is 5.91 Å². The van der Waals surface area contributed by atoms with E-state index in [-0.39, 0.29) is 17.1 Å². The Morgan fingerprint density at radius 3 is 3.00 bits per heavy atom. The van der Waals surface area contributed by atoms with Crippen LogP contribution in [0.25, 0.3) is 0 Å². The van der Waals surface area contributed by atoms with Crippen LogP contribution < -0.4 is 5.32 Å². The summed E-state index contributed by atoms with van der Waals surface area (Å²) in [6.45, 7) is 0.184. The Labute approximate surface area is 114 Å². The molecule has 1 aliphatic rings. The third-order valence-corrected chi connectivity index (χ3v) is 4.38. The van der Waals surface area contributed by atoms with E-state index in [2.05, 4.69) is 5.32 Å². The molecule has 98 valence electrons. The van der Waals surface area contributed by atoms with Gasteiger partial charge in [-0.2, -0.15) is 11.8 Å². The number of halogens is 2. The number of thioether (sulfide) groups is 1. The molecule has 1 amide bonds. The van der Waals surface area contributed by atoms with Crippen LogP contribution >= 0.6 is 23.4 Å². The zero-order valence-corrected chi connectivity index (χ0v) is 11.2. The summed E-state index contributed by atoms with van der Waals surface area (Å²) in [5.74, 6) is 0.472. The highest BCUT2D eigenvalue weighted by Gasteiger charge is 2.32. The van der Waals surface area contributed by atoms with Crippen molar-refractivity contribution in [3.63, 3.8) is 0 Å². The van der Waals surface area contributed by atoms with Gasteiger partial charge in [0.1, 0.15) is 5.82 Å². The Kier molecular flexibility index (Phi) is 4.14. The van der Waals surface area contributed by atoms with Crippen LogP contribution in [0.1, 0.15) is 16.8 Å². The van der Waals surface area contributed by atoms with Gasteiger partial charge in [0.05, 0.1) is 10.6 Å². The van der Waals surface area contributed by atoms with Crippen molar-refractivity contribution in [2.75, 3.05) is 18.1 Å². The first-order valence-corrected chi connectivity index (χ1v) is 7.07. The molecule has 0 spiro atoms. The van der Waals surface area contributed by atoms with Crippen LogP contribution in [0.3, 0.4) is 0 Å². The Morgan fingerprint density at radius 2 is 2.39 bits per heavy atom. The zero-order chi connectivity index (χ0) is 13.2. The molecule has 1 atom stereocenters. The molecule has 1 aliphatic heterocycles. The second-order valence-corrected chi connectivity index (χ2v) is 5.85. The van der Waals surface area contributed by atoms with Crippen LogP contribution in [0.5, 0.6) is 0 Å². The molecule has 0 bridgehead atoms. The van der Waals surface area contributed by atoms with E-state index in [0.717, 1.165) is 11.8 Å². The molecule has 1 saturated heterocycles. The van der Waals surface area contributed by atoms with Gasteiger partial charge in [0.2, 0.25) is 0 Å². The summed E-state index contributed by atoms with van der Waals surface area (Å²) in [4.78, 5) is 11.8. The summed E-state index contributed by atoms with van der Waals surface area (Å²) in [6, 6.07) is 3.88. The van der Waals surface area contributed by atoms with Gasteiger partial charge >= 0.3 is 0 Å². The standard InChI is InChI=1S/C12H13ClFNO2S/c13-9-2-1-8(5-10(9)14)11(16)15-6-12(17)3-4-18-7-12/h1-2,5,17H,3-4,6-7H2,(H,15,16). The number of hydrogen-bond acceptors (Lipinski definition) is 3. The molecule has 1 aromatic carbocycles. The van der Waals surface area contributed by atoms with Gasteiger partial charge in [-0.15, -0.1) is 0 Å². The minimum absolute atomic E-state index is 0.0163. The maximum atomic E-state index is 13.2. The van der Waals surface area contributed by atoms with Crippen molar-refractivity contribution >= 4 is 29.3 Å². The lowest BCUT2D eigenvalue weighted by atomic mass is 10.0. The van der Waals surface area contributed by atoms with Crippen LogP contribution in [0.15, 0.2) is 18.2 Å². The first-order chi connectivity index (χ1) is 8.50. The Bertz CT molecular complexity index is 463. The highest BCUT2D eigenvalue weighted by Crippen LogP contribution is 2.27. The average molecular weight is 290 g/mol. The number of rotatable bonds is 3. The molecule has 0 saturated carbocycles. The summed E-state index contributed by atoms with van der Waals surface area (Å²) >= 11 is 7.19. The Hall–Kier alpha value is -0.780. The molecule has 3 nitrogen and oxygen atoms in total. The summed E-state index contributed by atoms with van der Waals surface area (Å²) < 4.78 is 13.2. The molecule has 6 heteroatoms. The van der Waals surface area contributed by atoms with E-state index in [1.165, 1.54) is 12.1 Å². The smallest absolute Gasteiger partial charge is 0.251 e. The minimum Gasteiger partial charge on any atom is -0.387 e. The monoisotopic (exact) mass is 289 g/mol. The van der Waals surface area contributed by atoms with E-state index in [9.17, 15) is 14.3 Å². The van der Waals surface area contributed by atoms with Gasteiger partial charge in [-0.05, 0) is 30.4 Å². The van der Waals surface area contributed by atoms with Crippen molar-refractivity contribution < 1.29 is 14.3 Å². The van der Waals surface area contributed by atoms with E-state index in [1.807, 2.05) is 0 Å². The number of nitrogens with one attached hydrogen (secondary N) is 1. The van der Waals surface area contributed by atoms with E-state index < -0.39 is 17.3 Å². The summed E-state index contributed by atoms with van der Waals surface area (Å²) in [6.07, 6.45) is 0.660. The predicted octanol–water partition coefficient (Wildman–Crippen LogP) is 2.08. The van der Waals surface area contributed by atoms with Crippen LogP contribution in [0.2, 0.25) is 5.02 Å².